The topological polar surface area (TPSA) is 0 Å². The van der Waals surface area contributed by atoms with Crippen molar-refractivity contribution in [1.82, 2.24) is 0 Å². The van der Waals surface area contributed by atoms with E-state index in [2.05, 4.69) is 25.1 Å². The number of hydrogen-bond donors (Lipinski definition) is 0. The van der Waals surface area contributed by atoms with Gasteiger partial charge in [0.05, 0.1) is 0 Å². The van der Waals surface area contributed by atoms with Crippen LogP contribution >= 0.6 is 11.6 Å². The van der Waals surface area contributed by atoms with Crippen LogP contribution in [-0.4, -0.2) is 0 Å². The predicted octanol–water partition coefficient (Wildman–Crippen LogP) is 3.71. The van der Waals surface area contributed by atoms with Gasteiger partial charge >= 0.3 is 58.2 Å². The van der Waals surface area contributed by atoms with Crippen LogP contribution in [-0.2, 0) is 6.42 Å². The third-order valence-electron chi connectivity index (χ3n) is 5.13. The first-order chi connectivity index (χ1) is 11.1. The maximum atomic E-state index is 14.0. The van der Waals surface area contributed by atoms with Crippen LogP contribution in [0.4, 0.5) is 4.39 Å². The Balaban J connectivity index is 0.00000208. The molecule has 2 aromatic rings. The van der Waals surface area contributed by atoms with Crippen molar-refractivity contribution in [3.63, 3.8) is 0 Å². The molecule has 2 aromatic carbocycles. The molecular weight excluding hydrogens is 392 g/mol. The molecule has 0 N–H and O–H groups in total. The van der Waals surface area contributed by atoms with Crippen molar-refractivity contribution < 1.29 is 62.6 Å². The molecule has 1 aliphatic rings. The van der Waals surface area contributed by atoms with Crippen LogP contribution in [0.15, 0.2) is 36.4 Å². The van der Waals surface area contributed by atoms with E-state index in [9.17, 15) is 4.39 Å². The van der Waals surface area contributed by atoms with E-state index in [0.29, 0.717) is 5.56 Å². The first-order valence-corrected chi connectivity index (χ1v) is 8.96. The van der Waals surface area contributed by atoms with Crippen LogP contribution in [0.1, 0.15) is 44.6 Å². The number of aryl methyl sites for hydroxylation is 1. The van der Waals surface area contributed by atoms with E-state index in [1.54, 1.807) is 12.1 Å². The Kier molecular flexibility index (Phi) is 8.63. The van der Waals surface area contributed by atoms with Gasteiger partial charge in [-0.3, -0.25) is 4.39 Å². The van der Waals surface area contributed by atoms with Crippen LogP contribution in [0.5, 0.6) is 0 Å². The van der Waals surface area contributed by atoms with Crippen molar-refractivity contribution in [1.29, 1.82) is 0 Å². The summed E-state index contributed by atoms with van der Waals surface area (Å²) < 4.78 is 14.0. The Morgan fingerprint density at radius 3 is 2.42 bits per heavy atom. The molecule has 0 aliphatic heterocycles. The van der Waals surface area contributed by atoms with E-state index in [4.69, 9.17) is 11.6 Å². The number of halogens is 2. The molecule has 0 saturated heterocycles. The predicted molar refractivity (Wildman–Crippen MR) is 95.1 cm³/mol. The fourth-order valence-corrected chi connectivity index (χ4v) is 3.68. The van der Waals surface area contributed by atoms with Gasteiger partial charge in [-0.1, -0.05) is 62.4 Å². The molecule has 0 atom stereocenters. The van der Waals surface area contributed by atoms with Gasteiger partial charge in [-0.15, -0.1) is 11.6 Å². The molecule has 24 heavy (non-hydrogen) atoms. The van der Waals surface area contributed by atoms with Gasteiger partial charge in [0.2, 0.25) is 0 Å². The quantitative estimate of drug-likeness (QED) is 0.668. The molecule has 0 amide bonds. The van der Waals surface area contributed by atoms with Crippen molar-refractivity contribution in [2.45, 2.75) is 45.4 Å². The summed E-state index contributed by atoms with van der Waals surface area (Å²) in [5.41, 5.74) is 2.75. The summed E-state index contributed by atoms with van der Waals surface area (Å²) in [6.45, 7) is 2.36. The molecule has 1 fully saturated rings. The summed E-state index contributed by atoms with van der Waals surface area (Å²) >= 11 is 5.81. The van der Waals surface area contributed by atoms with Crippen molar-refractivity contribution >= 4 is 11.6 Å². The molecule has 0 heterocycles. The van der Waals surface area contributed by atoms with Gasteiger partial charge < -0.3 is 0 Å². The standard InChI is InChI=1S/C21H23ClF.Rb/c1-15-5-7-16(8-6-15)9-10-17-11-13-18(14-12-17)19-3-2-4-20(22)21(19)23;/h2-3,11-16H,5-10H2,1H3;/q-1;+1. The molecule has 0 unspecified atom stereocenters. The normalized spacial score (nSPS) is 20.5. The molecular formula is C21H23ClFRb. The van der Waals surface area contributed by atoms with Crippen LogP contribution < -0.4 is 58.2 Å². The van der Waals surface area contributed by atoms with Crippen LogP contribution in [0.25, 0.3) is 11.1 Å². The molecule has 0 nitrogen and oxygen atoms in total. The Hall–Kier alpha value is 0.465. The van der Waals surface area contributed by atoms with Gasteiger partial charge in [-0.05, 0) is 40.8 Å². The van der Waals surface area contributed by atoms with E-state index in [0.717, 1.165) is 23.8 Å². The SMILES string of the molecule is CC1CCC(CCc2ccc(-c3cc[c-]c(Cl)c3F)cc2)CC1.[Rb+]. The number of hydrogen-bond acceptors (Lipinski definition) is 0. The van der Waals surface area contributed by atoms with E-state index in [-0.39, 0.29) is 63.2 Å². The molecule has 0 aromatic heterocycles. The maximum absolute atomic E-state index is 14.0. The molecule has 1 saturated carbocycles. The summed E-state index contributed by atoms with van der Waals surface area (Å²) in [6, 6.07) is 14.3. The zero-order chi connectivity index (χ0) is 16.2. The van der Waals surface area contributed by atoms with Crippen LogP contribution in [0.3, 0.4) is 0 Å². The first-order valence-electron chi connectivity index (χ1n) is 8.58. The second kappa shape index (κ2) is 9.97. The molecule has 3 heteroatoms. The van der Waals surface area contributed by atoms with Gasteiger partial charge in [0, 0.05) is 5.82 Å². The minimum absolute atomic E-state index is 0. The van der Waals surface area contributed by atoms with Gasteiger partial charge in [0.15, 0.2) is 0 Å². The van der Waals surface area contributed by atoms with Gasteiger partial charge in [-0.2, -0.15) is 18.2 Å². The summed E-state index contributed by atoms with van der Waals surface area (Å²) in [5, 5.41) is 0.0538. The average molecular weight is 415 g/mol. The maximum Gasteiger partial charge on any atom is 1.00 e. The van der Waals surface area contributed by atoms with Crippen molar-refractivity contribution in [3.8, 4) is 11.1 Å². The van der Waals surface area contributed by atoms with E-state index in [1.807, 2.05) is 12.1 Å². The minimum Gasteiger partial charge on any atom is -0.282 e. The van der Waals surface area contributed by atoms with E-state index < -0.39 is 5.82 Å². The second-order valence-corrected chi connectivity index (χ2v) is 7.26. The molecule has 0 bridgehead atoms. The molecule has 122 valence electrons. The van der Waals surface area contributed by atoms with Crippen molar-refractivity contribution in [2.24, 2.45) is 11.8 Å². The van der Waals surface area contributed by atoms with Crippen LogP contribution in [0.2, 0.25) is 5.02 Å². The Morgan fingerprint density at radius 2 is 1.75 bits per heavy atom. The van der Waals surface area contributed by atoms with Crippen molar-refractivity contribution in [2.75, 3.05) is 0 Å². The van der Waals surface area contributed by atoms with Crippen LogP contribution in [0, 0.1) is 23.7 Å². The Morgan fingerprint density at radius 1 is 1.08 bits per heavy atom. The molecule has 3 rings (SSSR count). The van der Waals surface area contributed by atoms with E-state index in [1.165, 1.54) is 37.7 Å². The number of rotatable bonds is 4. The molecule has 0 radical (unpaired) electrons. The Bertz CT molecular complexity index is 645. The number of benzene rings is 2. The molecule has 0 spiro atoms. The smallest absolute Gasteiger partial charge is 0.282 e. The van der Waals surface area contributed by atoms with Crippen molar-refractivity contribution in [3.05, 3.63) is 58.9 Å². The molecule has 1 aliphatic carbocycles. The fraction of sp³-hybridized carbons (Fsp3) is 0.429. The zero-order valence-electron chi connectivity index (χ0n) is 14.6. The van der Waals surface area contributed by atoms with Gasteiger partial charge in [0.1, 0.15) is 0 Å². The average Bonchev–Trinajstić information content (AvgIpc) is 2.57. The monoisotopic (exact) mass is 414 g/mol. The summed E-state index contributed by atoms with van der Waals surface area (Å²) in [7, 11) is 0. The van der Waals surface area contributed by atoms with Gasteiger partial charge in [-0.25, -0.2) is 0 Å². The summed E-state index contributed by atoms with van der Waals surface area (Å²) in [5.74, 6) is 1.40. The third-order valence-corrected chi connectivity index (χ3v) is 5.41. The van der Waals surface area contributed by atoms with E-state index >= 15 is 0 Å². The largest absolute Gasteiger partial charge is 1.00 e. The zero-order valence-corrected chi connectivity index (χ0v) is 20.3. The fourth-order valence-electron chi connectivity index (χ4n) is 3.52. The Labute approximate surface area is 199 Å². The summed E-state index contributed by atoms with van der Waals surface area (Å²) in [4.78, 5) is 0. The second-order valence-electron chi connectivity index (χ2n) is 6.88. The van der Waals surface area contributed by atoms with Gasteiger partial charge in [0.25, 0.3) is 0 Å². The third kappa shape index (κ3) is 5.48. The first kappa shape index (κ1) is 20.8. The summed E-state index contributed by atoms with van der Waals surface area (Å²) in [6.07, 6.45) is 7.91. The minimum atomic E-state index is -0.391.